The zero-order chi connectivity index (χ0) is 36.6. The molecule has 0 aromatic heterocycles. The van der Waals surface area contributed by atoms with E-state index in [9.17, 15) is 19.8 Å². The smallest absolute Gasteiger partial charge is 0.305 e. The van der Waals surface area contributed by atoms with E-state index in [1.807, 2.05) is 0 Å². The lowest BCUT2D eigenvalue weighted by atomic mass is 10.0. The molecule has 0 saturated carbocycles. The minimum atomic E-state index is -0.680. The average Bonchev–Trinajstić information content (AvgIpc) is 3.11. The highest BCUT2D eigenvalue weighted by molar-refractivity contribution is 5.76. The van der Waals surface area contributed by atoms with Crippen molar-refractivity contribution in [2.24, 2.45) is 0 Å². The van der Waals surface area contributed by atoms with Gasteiger partial charge in [0, 0.05) is 12.8 Å². The van der Waals surface area contributed by atoms with Gasteiger partial charge in [-0.15, -0.1) is 0 Å². The monoisotopic (exact) mass is 704 g/mol. The average molecular weight is 704 g/mol. The maximum Gasteiger partial charge on any atom is 0.305 e. The molecule has 0 aliphatic heterocycles. The van der Waals surface area contributed by atoms with Gasteiger partial charge in [0.1, 0.15) is 0 Å². The first kappa shape index (κ1) is 48.1. The molecule has 0 bridgehead atoms. The van der Waals surface area contributed by atoms with Crippen molar-refractivity contribution in [3.8, 4) is 0 Å². The summed E-state index contributed by atoms with van der Waals surface area (Å²) in [4.78, 5) is 24.3. The Labute approximate surface area is 309 Å². The number of carbonyl (C=O) groups is 2. The van der Waals surface area contributed by atoms with Gasteiger partial charge in [-0.05, 0) is 77.0 Å². The van der Waals surface area contributed by atoms with Crippen LogP contribution in [0.1, 0.15) is 206 Å². The molecule has 1 amide bonds. The van der Waals surface area contributed by atoms with E-state index < -0.39 is 12.1 Å². The van der Waals surface area contributed by atoms with Crippen LogP contribution >= 0.6 is 0 Å². The molecule has 0 saturated heterocycles. The minimum Gasteiger partial charge on any atom is -0.466 e. The summed E-state index contributed by atoms with van der Waals surface area (Å²) < 4.78 is 5.40. The fourth-order valence-electron chi connectivity index (χ4n) is 6.08. The van der Waals surface area contributed by atoms with E-state index in [1.165, 1.54) is 77.0 Å². The zero-order valence-corrected chi connectivity index (χ0v) is 32.9. The van der Waals surface area contributed by atoms with Gasteiger partial charge in [0.2, 0.25) is 5.91 Å². The first-order valence-electron chi connectivity index (χ1n) is 21.2. The van der Waals surface area contributed by atoms with Crippen LogP contribution in [0.25, 0.3) is 0 Å². The van der Waals surface area contributed by atoms with Gasteiger partial charge in [0.25, 0.3) is 0 Å². The lowest BCUT2D eigenvalue weighted by Crippen LogP contribution is -2.45. The molecule has 0 fully saturated rings. The van der Waals surface area contributed by atoms with Crippen LogP contribution in [0.2, 0.25) is 0 Å². The molecule has 292 valence electrons. The van der Waals surface area contributed by atoms with Crippen molar-refractivity contribution in [3.63, 3.8) is 0 Å². The normalized spacial score (nSPS) is 13.1. The lowest BCUT2D eigenvalue weighted by molar-refractivity contribution is -0.143. The SMILES string of the molecule is CCC/C=C\C/C=C\CCCCCCCC(=O)OCCCC/C=C\CCCCCCCC(=O)NC(CO)C(O)CCCCCCCCCCC. The fourth-order valence-corrected chi connectivity index (χ4v) is 6.08. The first-order valence-corrected chi connectivity index (χ1v) is 21.2. The molecule has 0 aromatic carbocycles. The van der Waals surface area contributed by atoms with Crippen LogP contribution < -0.4 is 5.32 Å². The van der Waals surface area contributed by atoms with Crippen molar-refractivity contribution < 1.29 is 24.5 Å². The van der Waals surface area contributed by atoms with Crippen LogP contribution in [0.4, 0.5) is 0 Å². The number of carbonyl (C=O) groups excluding carboxylic acids is 2. The van der Waals surface area contributed by atoms with Crippen LogP contribution in [-0.4, -0.2) is 47.4 Å². The number of allylic oxidation sites excluding steroid dienone is 6. The molecule has 0 aromatic rings. The summed E-state index contributed by atoms with van der Waals surface area (Å²) in [5.74, 6) is -0.118. The number of nitrogens with one attached hydrogen (secondary N) is 1. The Balaban J connectivity index is 3.54. The zero-order valence-electron chi connectivity index (χ0n) is 32.9. The van der Waals surface area contributed by atoms with Crippen molar-refractivity contribution in [2.75, 3.05) is 13.2 Å². The molecule has 0 radical (unpaired) electrons. The molecule has 0 spiro atoms. The van der Waals surface area contributed by atoms with Crippen LogP contribution in [0, 0.1) is 0 Å². The molecule has 2 unspecified atom stereocenters. The fraction of sp³-hybridized carbons (Fsp3) is 0.818. The Morgan fingerprint density at radius 2 is 1.04 bits per heavy atom. The Morgan fingerprint density at radius 1 is 0.560 bits per heavy atom. The number of hydrogen-bond donors (Lipinski definition) is 3. The van der Waals surface area contributed by atoms with E-state index in [0.717, 1.165) is 96.3 Å². The third kappa shape index (κ3) is 35.9. The Kier molecular flexibility index (Phi) is 38.3. The molecule has 6 nitrogen and oxygen atoms in total. The number of aliphatic hydroxyl groups excluding tert-OH is 2. The first-order chi connectivity index (χ1) is 24.5. The number of rotatable bonds is 38. The summed E-state index contributed by atoms with van der Waals surface area (Å²) in [6.45, 7) is 4.75. The van der Waals surface area contributed by atoms with E-state index in [1.54, 1.807) is 0 Å². The van der Waals surface area contributed by atoms with Gasteiger partial charge >= 0.3 is 5.97 Å². The molecule has 0 aliphatic carbocycles. The lowest BCUT2D eigenvalue weighted by Gasteiger charge is -2.22. The van der Waals surface area contributed by atoms with E-state index >= 15 is 0 Å². The molecule has 0 rings (SSSR count). The van der Waals surface area contributed by atoms with E-state index in [4.69, 9.17) is 4.74 Å². The van der Waals surface area contributed by atoms with Crippen molar-refractivity contribution in [3.05, 3.63) is 36.5 Å². The highest BCUT2D eigenvalue weighted by Crippen LogP contribution is 2.14. The van der Waals surface area contributed by atoms with Crippen LogP contribution in [-0.2, 0) is 14.3 Å². The summed E-state index contributed by atoms with van der Waals surface area (Å²) >= 11 is 0. The molecule has 2 atom stereocenters. The van der Waals surface area contributed by atoms with E-state index in [0.29, 0.717) is 25.9 Å². The number of aliphatic hydroxyl groups is 2. The van der Waals surface area contributed by atoms with Gasteiger partial charge < -0.3 is 20.3 Å². The molecular weight excluding hydrogens is 622 g/mol. The Hall–Kier alpha value is -1.92. The Morgan fingerprint density at radius 3 is 1.62 bits per heavy atom. The highest BCUT2D eigenvalue weighted by Gasteiger charge is 2.20. The second-order valence-corrected chi connectivity index (χ2v) is 14.3. The molecule has 6 heteroatoms. The van der Waals surface area contributed by atoms with Gasteiger partial charge in [-0.1, -0.05) is 153 Å². The summed E-state index contributed by atoms with van der Waals surface area (Å²) in [7, 11) is 0. The van der Waals surface area contributed by atoms with Crippen LogP contribution in [0.15, 0.2) is 36.5 Å². The molecule has 3 N–H and O–H groups in total. The standard InChI is InChI=1S/C44H81NO5/c1-3-5-7-9-11-13-14-15-18-22-26-30-34-38-44(49)50-39-35-31-27-23-19-16-17-21-25-29-33-37-43(48)45-41(40-46)42(47)36-32-28-24-20-12-10-8-6-4-2/h7,9,13-14,19,23,41-42,46-47H,3-6,8,10-12,15-18,20-22,24-40H2,1-2H3,(H,45,48)/b9-7-,14-13-,23-19-. The van der Waals surface area contributed by atoms with Crippen molar-refractivity contribution in [1.82, 2.24) is 5.32 Å². The minimum absolute atomic E-state index is 0.0482. The van der Waals surface area contributed by atoms with Gasteiger partial charge in [0.15, 0.2) is 0 Å². The Bertz CT molecular complexity index is 823. The number of amides is 1. The third-order valence-electron chi connectivity index (χ3n) is 9.39. The van der Waals surface area contributed by atoms with E-state index in [2.05, 4.69) is 55.6 Å². The second kappa shape index (κ2) is 39.9. The van der Waals surface area contributed by atoms with Crippen molar-refractivity contribution in [1.29, 1.82) is 0 Å². The summed E-state index contributed by atoms with van der Waals surface area (Å²) in [5.41, 5.74) is 0. The summed E-state index contributed by atoms with van der Waals surface area (Å²) in [5, 5.41) is 23.0. The van der Waals surface area contributed by atoms with Crippen molar-refractivity contribution in [2.45, 2.75) is 219 Å². The molecular formula is C44H81NO5. The number of unbranched alkanes of at least 4 members (excludes halogenated alkanes) is 21. The van der Waals surface area contributed by atoms with Crippen molar-refractivity contribution >= 4 is 11.9 Å². The van der Waals surface area contributed by atoms with Gasteiger partial charge in [0.05, 0.1) is 25.4 Å². The maximum absolute atomic E-state index is 12.3. The largest absolute Gasteiger partial charge is 0.466 e. The van der Waals surface area contributed by atoms with Gasteiger partial charge in [-0.25, -0.2) is 0 Å². The van der Waals surface area contributed by atoms with Gasteiger partial charge in [-0.3, -0.25) is 9.59 Å². The number of ether oxygens (including phenoxy) is 1. The van der Waals surface area contributed by atoms with Crippen LogP contribution in [0.3, 0.4) is 0 Å². The second-order valence-electron chi connectivity index (χ2n) is 14.3. The predicted molar refractivity (Wildman–Crippen MR) is 213 cm³/mol. The van der Waals surface area contributed by atoms with E-state index in [-0.39, 0.29) is 18.5 Å². The quantitative estimate of drug-likeness (QED) is 0.0338. The maximum atomic E-state index is 12.3. The topological polar surface area (TPSA) is 95.9 Å². The summed E-state index contributed by atoms with van der Waals surface area (Å²) in [6.07, 6.45) is 45.3. The molecule has 50 heavy (non-hydrogen) atoms. The number of esters is 1. The third-order valence-corrected chi connectivity index (χ3v) is 9.39. The van der Waals surface area contributed by atoms with Crippen LogP contribution in [0.5, 0.6) is 0 Å². The summed E-state index contributed by atoms with van der Waals surface area (Å²) in [6, 6.07) is -0.561. The van der Waals surface area contributed by atoms with Gasteiger partial charge in [-0.2, -0.15) is 0 Å². The predicted octanol–water partition coefficient (Wildman–Crippen LogP) is 11.8. The molecule has 0 aliphatic rings. The molecule has 0 heterocycles. The highest BCUT2D eigenvalue weighted by atomic mass is 16.5. The number of hydrogen-bond acceptors (Lipinski definition) is 5.